The van der Waals surface area contributed by atoms with Crippen molar-refractivity contribution in [2.45, 2.75) is 46.0 Å². The van der Waals surface area contributed by atoms with Crippen molar-refractivity contribution in [2.75, 3.05) is 18.4 Å². The van der Waals surface area contributed by atoms with Gasteiger partial charge in [0.25, 0.3) is 5.91 Å². The molecule has 0 atom stereocenters. The van der Waals surface area contributed by atoms with E-state index in [9.17, 15) is 9.59 Å². The maximum Gasteiger partial charge on any atom is 0.253 e. The minimum absolute atomic E-state index is 0.00512. The topological polar surface area (TPSA) is 61.4 Å². The molecule has 0 aromatic heterocycles. The number of carbonyl (C=O) groups excluding carboxylic acids is 2. The fraction of sp³-hybridized carbons (Fsp3) is 0.526. The number of nitrogens with one attached hydrogen (secondary N) is 2. The number of thiocarbonyl (C=S) groups is 1. The summed E-state index contributed by atoms with van der Waals surface area (Å²) in [6.07, 6.45) is 5.32. The van der Waals surface area contributed by atoms with E-state index in [1.165, 1.54) is 6.42 Å². The van der Waals surface area contributed by atoms with Crippen LogP contribution in [-0.4, -0.2) is 34.9 Å². The fourth-order valence-electron chi connectivity index (χ4n) is 3.13. The van der Waals surface area contributed by atoms with E-state index in [2.05, 4.69) is 10.6 Å². The molecule has 2 rings (SSSR count). The molecule has 0 unspecified atom stereocenters. The molecule has 0 aliphatic heterocycles. The van der Waals surface area contributed by atoms with Gasteiger partial charge in [-0.1, -0.05) is 19.3 Å². The van der Waals surface area contributed by atoms with Gasteiger partial charge in [0.15, 0.2) is 5.11 Å². The van der Waals surface area contributed by atoms with Crippen LogP contribution in [0, 0.1) is 5.92 Å². The van der Waals surface area contributed by atoms with E-state index >= 15 is 0 Å². The molecule has 2 amide bonds. The van der Waals surface area contributed by atoms with E-state index < -0.39 is 0 Å². The third-order valence-electron chi connectivity index (χ3n) is 4.65. The van der Waals surface area contributed by atoms with Crippen LogP contribution in [0.4, 0.5) is 5.69 Å². The van der Waals surface area contributed by atoms with Gasteiger partial charge < -0.3 is 15.5 Å². The van der Waals surface area contributed by atoms with Crippen LogP contribution in [0.3, 0.4) is 0 Å². The smallest absolute Gasteiger partial charge is 0.253 e. The van der Waals surface area contributed by atoms with Crippen molar-refractivity contribution in [1.82, 2.24) is 10.2 Å². The van der Waals surface area contributed by atoms with Crippen LogP contribution in [0.25, 0.3) is 0 Å². The Bertz CT molecular complexity index is 606. The van der Waals surface area contributed by atoms with Gasteiger partial charge in [-0.3, -0.25) is 9.59 Å². The van der Waals surface area contributed by atoms with Gasteiger partial charge in [0.1, 0.15) is 0 Å². The molecule has 1 aromatic rings. The molecule has 1 aromatic carbocycles. The Morgan fingerprint density at radius 3 is 2.24 bits per heavy atom. The summed E-state index contributed by atoms with van der Waals surface area (Å²) in [7, 11) is 0. The van der Waals surface area contributed by atoms with Crippen molar-refractivity contribution in [3.63, 3.8) is 0 Å². The highest BCUT2D eigenvalue weighted by Gasteiger charge is 2.21. The third kappa shape index (κ3) is 5.53. The van der Waals surface area contributed by atoms with E-state index in [0.29, 0.717) is 23.8 Å². The van der Waals surface area contributed by atoms with Crippen LogP contribution in [0.15, 0.2) is 24.3 Å². The lowest BCUT2D eigenvalue weighted by Crippen LogP contribution is -2.39. The van der Waals surface area contributed by atoms with Gasteiger partial charge >= 0.3 is 0 Å². The summed E-state index contributed by atoms with van der Waals surface area (Å²) in [5, 5.41) is 6.09. The minimum atomic E-state index is 0.00512. The lowest BCUT2D eigenvalue weighted by atomic mass is 9.89. The zero-order valence-electron chi connectivity index (χ0n) is 15.0. The summed E-state index contributed by atoms with van der Waals surface area (Å²) in [5.74, 6) is 0.0952. The van der Waals surface area contributed by atoms with Crippen molar-refractivity contribution in [3.05, 3.63) is 29.8 Å². The van der Waals surface area contributed by atoms with Gasteiger partial charge in [-0.2, -0.15) is 0 Å². The summed E-state index contributed by atoms with van der Waals surface area (Å²) in [6.45, 7) is 5.30. The maximum absolute atomic E-state index is 12.3. The van der Waals surface area contributed by atoms with Crippen molar-refractivity contribution in [2.24, 2.45) is 5.92 Å². The SMILES string of the molecule is CCN(CC)C(=O)c1ccc(NC(=S)NC(=O)C2CCCCC2)cc1. The number of amides is 2. The summed E-state index contributed by atoms with van der Waals surface area (Å²) in [6, 6.07) is 7.15. The van der Waals surface area contributed by atoms with E-state index in [4.69, 9.17) is 12.2 Å². The predicted octanol–water partition coefficient (Wildman–Crippen LogP) is 3.56. The molecule has 1 saturated carbocycles. The first kappa shape index (κ1) is 19.4. The standard InChI is InChI=1S/C19H27N3O2S/c1-3-22(4-2)18(24)15-10-12-16(13-11-15)20-19(25)21-17(23)14-8-6-5-7-9-14/h10-14H,3-9H2,1-2H3,(H2,20,21,23,25). The second-order valence-electron chi connectivity index (χ2n) is 6.33. The molecule has 0 bridgehead atoms. The van der Waals surface area contributed by atoms with Crippen LogP contribution in [0.5, 0.6) is 0 Å². The van der Waals surface area contributed by atoms with Gasteiger partial charge in [-0.15, -0.1) is 0 Å². The van der Waals surface area contributed by atoms with Crippen LogP contribution in [0.1, 0.15) is 56.3 Å². The number of carbonyl (C=O) groups is 2. The molecule has 1 aliphatic carbocycles. The average molecular weight is 362 g/mol. The predicted molar refractivity (Wildman–Crippen MR) is 105 cm³/mol. The normalized spacial score (nSPS) is 14.6. The van der Waals surface area contributed by atoms with Gasteiger partial charge in [0.05, 0.1) is 0 Å². The molecule has 0 saturated heterocycles. The zero-order chi connectivity index (χ0) is 18.2. The van der Waals surface area contributed by atoms with Crippen molar-refractivity contribution >= 4 is 34.8 Å². The Hall–Kier alpha value is -1.95. The first-order valence-corrected chi connectivity index (χ1v) is 9.47. The average Bonchev–Trinajstić information content (AvgIpc) is 2.64. The monoisotopic (exact) mass is 361 g/mol. The van der Waals surface area contributed by atoms with Crippen LogP contribution in [0.2, 0.25) is 0 Å². The summed E-state index contributed by atoms with van der Waals surface area (Å²) < 4.78 is 0. The highest BCUT2D eigenvalue weighted by atomic mass is 32.1. The van der Waals surface area contributed by atoms with E-state index in [1.807, 2.05) is 13.8 Å². The van der Waals surface area contributed by atoms with Crippen LogP contribution >= 0.6 is 12.2 Å². The molecular weight excluding hydrogens is 334 g/mol. The second kappa shape index (κ2) is 9.51. The lowest BCUT2D eigenvalue weighted by molar-refractivity contribution is -0.124. The first-order valence-electron chi connectivity index (χ1n) is 9.06. The Morgan fingerprint density at radius 2 is 1.68 bits per heavy atom. The molecule has 1 fully saturated rings. The largest absolute Gasteiger partial charge is 0.339 e. The quantitative estimate of drug-likeness (QED) is 0.787. The highest BCUT2D eigenvalue weighted by Crippen LogP contribution is 2.23. The number of nitrogens with zero attached hydrogens (tertiary/aromatic N) is 1. The number of hydrogen-bond acceptors (Lipinski definition) is 3. The summed E-state index contributed by atoms with van der Waals surface area (Å²) in [5.41, 5.74) is 1.40. The van der Waals surface area contributed by atoms with E-state index in [1.54, 1.807) is 29.2 Å². The molecular formula is C19H27N3O2S. The van der Waals surface area contributed by atoms with E-state index in [-0.39, 0.29) is 17.7 Å². The maximum atomic E-state index is 12.3. The summed E-state index contributed by atoms with van der Waals surface area (Å²) in [4.78, 5) is 26.3. The third-order valence-corrected chi connectivity index (χ3v) is 4.86. The van der Waals surface area contributed by atoms with Crippen LogP contribution in [-0.2, 0) is 4.79 Å². The number of hydrogen-bond donors (Lipinski definition) is 2. The number of anilines is 1. The molecule has 25 heavy (non-hydrogen) atoms. The molecule has 136 valence electrons. The molecule has 5 nitrogen and oxygen atoms in total. The summed E-state index contributed by atoms with van der Waals surface area (Å²) >= 11 is 5.23. The Kier molecular flexibility index (Phi) is 7.37. The van der Waals surface area contributed by atoms with Crippen molar-refractivity contribution in [3.8, 4) is 0 Å². The van der Waals surface area contributed by atoms with Gasteiger partial charge in [-0.25, -0.2) is 0 Å². The molecule has 0 radical (unpaired) electrons. The Morgan fingerprint density at radius 1 is 1.08 bits per heavy atom. The molecule has 2 N–H and O–H groups in total. The lowest BCUT2D eigenvalue weighted by Gasteiger charge is -2.21. The zero-order valence-corrected chi connectivity index (χ0v) is 15.8. The molecule has 0 heterocycles. The van der Waals surface area contributed by atoms with Gasteiger partial charge in [-0.05, 0) is 63.2 Å². The minimum Gasteiger partial charge on any atom is -0.339 e. The number of rotatable bonds is 5. The highest BCUT2D eigenvalue weighted by molar-refractivity contribution is 7.80. The molecule has 0 spiro atoms. The van der Waals surface area contributed by atoms with E-state index in [0.717, 1.165) is 31.4 Å². The van der Waals surface area contributed by atoms with Crippen molar-refractivity contribution in [1.29, 1.82) is 0 Å². The van der Waals surface area contributed by atoms with Crippen molar-refractivity contribution < 1.29 is 9.59 Å². The molecule has 1 aliphatic rings. The van der Waals surface area contributed by atoms with Gasteiger partial charge in [0.2, 0.25) is 5.91 Å². The second-order valence-corrected chi connectivity index (χ2v) is 6.74. The van der Waals surface area contributed by atoms with Gasteiger partial charge in [0, 0.05) is 30.3 Å². The Balaban J connectivity index is 1.88. The molecule has 6 heteroatoms. The first-order chi connectivity index (χ1) is 12.0. The number of benzene rings is 1. The fourth-order valence-corrected chi connectivity index (χ4v) is 3.35. The van der Waals surface area contributed by atoms with Crippen LogP contribution < -0.4 is 10.6 Å². The Labute approximate surface area is 155 Å².